The van der Waals surface area contributed by atoms with Crippen molar-refractivity contribution in [2.75, 3.05) is 7.05 Å². The number of carbonyl (C=O) groups is 1. The summed E-state index contributed by atoms with van der Waals surface area (Å²) in [5, 5.41) is 1.10. The summed E-state index contributed by atoms with van der Waals surface area (Å²) in [5.41, 5.74) is 4.08. The molecule has 0 fully saturated rings. The molecule has 3 rings (SSSR count). The number of H-pyrrole nitrogens is 2. The molecule has 0 saturated carbocycles. The number of hydrogen-bond acceptors (Lipinski definition) is 2. The number of amides is 1. The molecule has 0 spiro atoms. The Morgan fingerprint density at radius 1 is 1.33 bits per heavy atom. The standard InChI is InChI=1S/C16H18N4O/c1-10-11(2)19-14-5-4-12(8-13(10)14)16(21)20(3)9-15-17-6-7-18-15/h4-8,19H,9H2,1-3H3,(H,17,18). The summed E-state index contributed by atoms with van der Waals surface area (Å²) < 4.78 is 0. The predicted molar refractivity (Wildman–Crippen MR) is 82.2 cm³/mol. The zero-order chi connectivity index (χ0) is 15.0. The lowest BCUT2D eigenvalue weighted by molar-refractivity contribution is 0.0782. The number of rotatable bonds is 3. The first kappa shape index (κ1) is 13.4. The van der Waals surface area contributed by atoms with E-state index in [4.69, 9.17) is 0 Å². The molecule has 0 aliphatic rings. The lowest BCUT2D eigenvalue weighted by Gasteiger charge is -2.15. The Bertz CT molecular complexity index is 786. The minimum Gasteiger partial charge on any atom is -0.358 e. The first-order chi connectivity index (χ1) is 10.1. The topological polar surface area (TPSA) is 64.8 Å². The maximum Gasteiger partial charge on any atom is 0.254 e. The average Bonchev–Trinajstić information content (AvgIpc) is 3.07. The quantitative estimate of drug-likeness (QED) is 0.775. The van der Waals surface area contributed by atoms with Crippen molar-refractivity contribution < 1.29 is 4.79 Å². The number of nitrogens with zero attached hydrogens (tertiary/aromatic N) is 2. The van der Waals surface area contributed by atoms with E-state index in [2.05, 4.69) is 21.9 Å². The van der Waals surface area contributed by atoms with Gasteiger partial charge in [-0.1, -0.05) is 0 Å². The van der Waals surface area contributed by atoms with Crippen LogP contribution in [0.25, 0.3) is 10.9 Å². The van der Waals surface area contributed by atoms with Crippen LogP contribution in [0.4, 0.5) is 0 Å². The first-order valence-corrected chi connectivity index (χ1v) is 6.89. The van der Waals surface area contributed by atoms with Gasteiger partial charge in [0.15, 0.2) is 0 Å². The highest BCUT2D eigenvalue weighted by Crippen LogP contribution is 2.23. The second kappa shape index (κ2) is 5.09. The highest BCUT2D eigenvalue weighted by molar-refractivity contribution is 5.98. The van der Waals surface area contributed by atoms with E-state index in [1.165, 1.54) is 5.56 Å². The summed E-state index contributed by atoms with van der Waals surface area (Å²) in [7, 11) is 1.78. The van der Waals surface area contributed by atoms with E-state index < -0.39 is 0 Å². The van der Waals surface area contributed by atoms with Crippen molar-refractivity contribution in [3.63, 3.8) is 0 Å². The summed E-state index contributed by atoms with van der Waals surface area (Å²) in [6.45, 7) is 4.57. The van der Waals surface area contributed by atoms with Gasteiger partial charge in [-0.15, -0.1) is 0 Å². The van der Waals surface area contributed by atoms with Gasteiger partial charge in [0.25, 0.3) is 5.91 Å². The fraction of sp³-hybridized carbons (Fsp3) is 0.250. The number of imidazole rings is 1. The fourth-order valence-corrected chi connectivity index (χ4v) is 2.50. The Morgan fingerprint density at radius 3 is 2.86 bits per heavy atom. The SMILES string of the molecule is Cc1[nH]c2ccc(C(=O)N(C)Cc3ncc[nH]3)cc2c1C. The molecule has 1 amide bonds. The molecule has 2 N–H and O–H groups in total. The number of aromatic amines is 2. The summed E-state index contributed by atoms with van der Waals surface area (Å²) in [5.74, 6) is 0.771. The molecular weight excluding hydrogens is 264 g/mol. The fourth-order valence-electron chi connectivity index (χ4n) is 2.50. The molecule has 5 heteroatoms. The van der Waals surface area contributed by atoms with E-state index in [1.807, 2.05) is 25.1 Å². The summed E-state index contributed by atoms with van der Waals surface area (Å²) in [6.07, 6.45) is 3.44. The van der Waals surface area contributed by atoms with E-state index >= 15 is 0 Å². The third kappa shape index (κ3) is 2.42. The van der Waals surface area contributed by atoms with Crippen LogP contribution >= 0.6 is 0 Å². The molecule has 0 bridgehead atoms. The van der Waals surface area contributed by atoms with Crippen molar-refractivity contribution in [3.05, 3.63) is 53.2 Å². The van der Waals surface area contributed by atoms with Crippen molar-refractivity contribution in [3.8, 4) is 0 Å². The molecule has 0 aliphatic heterocycles. The molecule has 0 aliphatic carbocycles. The highest BCUT2D eigenvalue weighted by Gasteiger charge is 2.14. The molecule has 0 radical (unpaired) electrons. The second-order valence-electron chi connectivity index (χ2n) is 5.33. The first-order valence-electron chi connectivity index (χ1n) is 6.89. The lowest BCUT2D eigenvalue weighted by atomic mass is 10.1. The maximum atomic E-state index is 12.5. The van der Waals surface area contributed by atoms with Gasteiger partial charge < -0.3 is 14.9 Å². The normalized spacial score (nSPS) is 11.0. The van der Waals surface area contributed by atoms with Crippen molar-refractivity contribution in [2.24, 2.45) is 0 Å². The van der Waals surface area contributed by atoms with Crippen molar-refractivity contribution in [2.45, 2.75) is 20.4 Å². The predicted octanol–water partition coefficient (Wildman–Crippen LogP) is 2.78. The zero-order valence-electron chi connectivity index (χ0n) is 12.4. The van der Waals surface area contributed by atoms with Crippen LogP contribution in [-0.2, 0) is 6.54 Å². The maximum absolute atomic E-state index is 12.5. The third-order valence-electron chi connectivity index (χ3n) is 3.84. The number of aromatic nitrogens is 3. The van der Waals surface area contributed by atoms with Gasteiger partial charge in [0.2, 0.25) is 0 Å². The second-order valence-corrected chi connectivity index (χ2v) is 5.33. The number of carbonyl (C=O) groups excluding carboxylic acids is 1. The zero-order valence-corrected chi connectivity index (χ0v) is 12.4. The van der Waals surface area contributed by atoms with Gasteiger partial charge in [-0.3, -0.25) is 4.79 Å². The molecule has 2 aromatic heterocycles. The molecule has 2 heterocycles. The molecule has 21 heavy (non-hydrogen) atoms. The number of benzene rings is 1. The highest BCUT2D eigenvalue weighted by atomic mass is 16.2. The minimum absolute atomic E-state index is 0.00782. The summed E-state index contributed by atoms with van der Waals surface area (Å²) in [6, 6.07) is 5.77. The van der Waals surface area contributed by atoms with Gasteiger partial charge in [0.05, 0.1) is 6.54 Å². The molecule has 3 aromatic rings. The number of aryl methyl sites for hydroxylation is 2. The van der Waals surface area contributed by atoms with Gasteiger partial charge in [-0.05, 0) is 37.6 Å². The van der Waals surface area contributed by atoms with E-state index in [1.54, 1.807) is 24.3 Å². The lowest BCUT2D eigenvalue weighted by Crippen LogP contribution is -2.26. The smallest absolute Gasteiger partial charge is 0.254 e. The van der Waals surface area contributed by atoms with Crippen molar-refractivity contribution in [1.82, 2.24) is 19.9 Å². The minimum atomic E-state index is -0.00782. The Hall–Kier alpha value is -2.56. The molecule has 0 atom stereocenters. The van der Waals surface area contributed by atoms with Gasteiger partial charge in [-0.25, -0.2) is 4.98 Å². The summed E-state index contributed by atoms with van der Waals surface area (Å²) in [4.78, 5) is 24.6. The molecule has 0 saturated heterocycles. The molecule has 0 unspecified atom stereocenters. The van der Waals surface area contributed by atoms with Gasteiger partial charge in [-0.2, -0.15) is 0 Å². The van der Waals surface area contributed by atoms with E-state index in [0.717, 1.165) is 22.4 Å². The van der Waals surface area contributed by atoms with Crippen LogP contribution < -0.4 is 0 Å². The monoisotopic (exact) mass is 282 g/mol. The Balaban J connectivity index is 1.88. The number of hydrogen-bond donors (Lipinski definition) is 2. The van der Waals surface area contributed by atoms with E-state index in [-0.39, 0.29) is 5.91 Å². The summed E-state index contributed by atoms with van der Waals surface area (Å²) >= 11 is 0. The van der Waals surface area contributed by atoms with Crippen LogP contribution in [-0.4, -0.2) is 32.8 Å². The van der Waals surface area contributed by atoms with Crippen LogP contribution in [0, 0.1) is 13.8 Å². The van der Waals surface area contributed by atoms with E-state index in [9.17, 15) is 4.79 Å². The van der Waals surface area contributed by atoms with Gasteiger partial charge in [0, 0.05) is 41.6 Å². The van der Waals surface area contributed by atoms with Crippen molar-refractivity contribution in [1.29, 1.82) is 0 Å². The number of nitrogens with one attached hydrogen (secondary N) is 2. The Kier molecular flexibility index (Phi) is 3.25. The van der Waals surface area contributed by atoms with Crippen molar-refractivity contribution >= 4 is 16.8 Å². The largest absolute Gasteiger partial charge is 0.358 e. The van der Waals surface area contributed by atoms with Crippen LogP contribution in [0.15, 0.2) is 30.6 Å². The van der Waals surface area contributed by atoms with E-state index in [0.29, 0.717) is 12.1 Å². The third-order valence-corrected chi connectivity index (χ3v) is 3.84. The Labute approximate surface area is 123 Å². The van der Waals surface area contributed by atoms with Gasteiger partial charge in [0.1, 0.15) is 5.82 Å². The van der Waals surface area contributed by atoms with Crippen LogP contribution in [0.5, 0.6) is 0 Å². The number of fused-ring (bicyclic) bond motifs is 1. The van der Waals surface area contributed by atoms with Gasteiger partial charge >= 0.3 is 0 Å². The van der Waals surface area contributed by atoms with Crippen LogP contribution in [0.1, 0.15) is 27.4 Å². The van der Waals surface area contributed by atoms with Crippen LogP contribution in [0.2, 0.25) is 0 Å². The molecular formula is C16H18N4O. The average molecular weight is 282 g/mol. The van der Waals surface area contributed by atoms with Crippen LogP contribution in [0.3, 0.4) is 0 Å². The Morgan fingerprint density at radius 2 is 2.14 bits per heavy atom. The molecule has 108 valence electrons. The molecule has 5 nitrogen and oxygen atoms in total. The molecule has 1 aromatic carbocycles.